The maximum absolute atomic E-state index is 3.56. The third-order valence-corrected chi connectivity index (χ3v) is 5.47. The Balaban J connectivity index is 1.86. The predicted octanol–water partition coefficient (Wildman–Crippen LogP) is 4.34. The smallest absolute Gasteiger partial charge is 0.0133 e. The molecular weight excluding hydrogens is 238 g/mol. The zero-order valence-corrected chi connectivity index (χ0v) is 12.8. The molecule has 1 atom stereocenters. The Morgan fingerprint density at radius 2 is 1.89 bits per heavy atom. The third kappa shape index (κ3) is 3.58. The normalized spacial score (nSPS) is 26.4. The molecule has 1 unspecified atom stereocenters. The maximum Gasteiger partial charge on any atom is 0.0133 e. The quantitative estimate of drug-likeness (QED) is 0.835. The fourth-order valence-electron chi connectivity index (χ4n) is 3.38. The summed E-state index contributed by atoms with van der Waals surface area (Å²) in [5, 5.41) is 8.05. The van der Waals surface area contributed by atoms with Crippen LogP contribution in [-0.2, 0) is 6.42 Å². The van der Waals surface area contributed by atoms with Gasteiger partial charge in [-0.25, -0.2) is 0 Å². The summed E-state index contributed by atoms with van der Waals surface area (Å²) in [6.45, 7) is 4.76. The summed E-state index contributed by atoms with van der Waals surface area (Å²) in [6, 6.07) is 2.95. The largest absolute Gasteiger partial charge is 0.316 e. The van der Waals surface area contributed by atoms with Gasteiger partial charge in [0.2, 0.25) is 0 Å². The number of hydrogen-bond donors (Lipinski definition) is 1. The van der Waals surface area contributed by atoms with E-state index < -0.39 is 0 Å². The predicted molar refractivity (Wildman–Crippen MR) is 81.2 cm³/mol. The van der Waals surface area contributed by atoms with Crippen LogP contribution in [0.25, 0.3) is 0 Å². The molecule has 0 radical (unpaired) electrons. The molecule has 0 bridgehead atoms. The molecule has 1 saturated carbocycles. The van der Waals surface area contributed by atoms with Crippen LogP contribution in [0, 0.1) is 17.8 Å². The highest BCUT2D eigenvalue weighted by atomic mass is 32.1. The van der Waals surface area contributed by atoms with Crippen molar-refractivity contribution in [3.63, 3.8) is 0 Å². The Hall–Kier alpha value is -0.340. The van der Waals surface area contributed by atoms with Gasteiger partial charge in [0.25, 0.3) is 0 Å². The van der Waals surface area contributed by atoms with Crippen molar-refractivity contribution in [3.8, 4) is 0 Å². The van der Waals surface area contributed by atoms with Crippen LogP contribution in [0.4, 0.5) is 0 Å². The van der Waals surface area contributed by atoms with Crippen LogP contribution in [0.2, 0.25) is 0 Å². The molecule has 1 N–H and O–H groups in total. The molecule has 1 heterocycles. The second-order valence-corrected chi connectivity index (χ2v) is 6.93. The van der Waals surface area contributed by atoms with Crippen molar-refractivity contribution in [2.24, 2.45) is 17.8 Å². The van der Waals surface area contributed by atoms with E-state index in [0.29, 0.717) is 6.04 Å². The molecule has 1 aliphatic rings. The van der Waals surface area contributed by atoms with Crippen molar-refractivity contribution in [1.82, 2.24) is 5.32 Å². The summed E-state index contributed by atoms with van der Waals surface area (Å²) in [5.41, 5.74) is 1.50. The topological polar surface area (TPSA) is 12.0 Å². The van der Waals surface area contributed by atoms with Crippen molar-refractivity contribution < 1.29 is 0 Å². The minimum Gasteiger partial charge on any atom is -0.316 e. The fourth-order valence-corrected chi connectivity index (χ4v) is 4.06. The van der Waals surface area contributed by atoms with Crippen LogP contribution < -0.4 is 5.32 Å². The summed E-state index contributed by atoms with van der Waals surface area (Å²) in [6.07, 6.45) is 6.91. The van der Waals surface area contributed by atoms with Gasteiger partial charge in [-0.05, 0) is 79.3 Å². The van der Waals surface area contributed by atoms with Crippen LogP contribution in [0.5, 0.6) is 0 Å². The number of rotatable bonds is 5. The van der Waals surface area contributed by atoms with Crippen molar-refractivity contribution in [3.05, 3.63) is 22.4 Å². The zero-order valence-electron chi connectivity index (χ0n) is 12.0. The molecule has 1 fully saturated rings. The zero-order chi connectivity index (χ0) is 13.0. The van der Waals surface area contributed by atoms with Gasteiger partial charge in [0, 0.05) is 6.04 Å². The lowest BCUT2D eigenvalue weighted by molar-refractivity contribution is 0.191. The molecule has 1 nitrogen and oxygen atoms in total. The van der Waals surface area contributed by atoms with Gasteiger partial charge in [-0.3, -0.25) is 0 Å². The number of nitrogens with one attached hydrogen (secondary N) is 1. The molecule has 0 aromatic carbocycles. The van der Waals surface area contributed by atoms with Gasteiger partial charge in [-0.1, -0.05) is 13.8 Å². The Morgan fingerprint density at radius 3 is 2.39 bits per heavy atom. The molecule has 0 amide bonds. The molecule has 2 heteroatoms. The van der Waals surface area contributed by atoms with Crippen LogP contribution in [0.15, 0.2) is 16.8 Å². The van der Waals surface area contributed by atoms with E-state index in [4.69, 9.17) is 0 Å². The summed E-state index contributed by atoms with van der Waals surface area (Å²) >= 11 is 1.82. The lowest BCUT2D eigenvalue weighted by atomic mass is 9.74. The van der Waals surface area contributed by atoms with Gasteiger partial charge < -0.3 is 5.32 Å². The minimum absolute atomic E-state index is 0.674. The van der Waals surface area contributed by atoms with Crippen LogP contribution in [0.1, 0.15) is 45.1 Å². The Bertz CT molecular complexity index is 323. The maximum atomic E-state index is 3.56. The second kappa shape index (κ2) is 6.72. The van der Waals surface area contributed by atoms with E-state index in [1.54, 1.807) is 0 Å². The molecule has 2 rings (SSSR count). The van der Waals surface area contributed by atoms with E-state index in [-0.39, 0.29) is 0 Å². The van der Waals surface area contributed by atoms with Crippen molar-refractivity contribution in [2.75, 3.05) is 7.05 Å². The number of likely N-dealkylation sites (N-methyl/N-ethyl adjacent to an activating group) is 1. The third-order valence-electron chi connectivity index (χ3n) is 4.73. The van der Waals surface area contributed by atoms with E-state index in [1.807, 2.05) is 11.3 Å². The first-order chi connectivity index (χ1) is 8.70. The van der Waals surface area contributed by atoms with Gasteiger partial charge in [-0.15, -0.1) is 0 Å². The molecule has 1 aromatic heterocycles. The van der Waals surface area contributed by atoms with Crippen LogP contribution in [-0.4, -0.2) is 13.1 Å². The highest BCUT2D eigenvalue weighted by Gasteiger charge is 2.28. The Kier molecular flexibility index (Phi) is 5.25. The average molecular weight is 265 g/mol. The van der Waals surface area contributed by atoms with Gasteiger partial charge in [0.05, 0.1) is 0 Å². The second-order valence-electron chi connectivity index (χ2n) is 6.15. The van der Waals surface area contributed by atoms with Crippen LogP contribution in [0.3, 0.4) is 0 Å². The van der Waals surface area contributed by atoms with E-state index in [1.165, 1.54) is 37.7 Å². The molecule has 1 aromatic rings. The van der Waals surface area contributed by atoms with Gasteiger partial charge in [-0.2, -0.15) is 11.3 Å². The number of hydrogen-bond acceptors (Lipinski definition) is 2. The van der Waals surface area contributed by atoms with Crippen molar-refractivity contribution in [2.45, 2.75) is 52.0 Å². The van der Waals surface area contributed by atoms with Crippen molar-refractivity contribution in [1.29, 1.82) is 0 Å². The lowest BCUT2D eigenvalue weighted by Gasteiger charge is -2.35. The highest BCUT2D eigenvalue weighted by Crippen LogP contribution is 2.35. The number of thiophene rings is 1. The molecule has 102 valence electrons. The molecule has 0 saturated heterocycles. The minimum atomic E-state index is 0.674. The first-order valence-electron chi connectivity index (χ1n) is 7.39. The van der Waals surface area contributed by atoms with Gasteiger partial charge in [0.1, 0.15) is 0 Å². The summed E-state index contributed by atoms with van der Waals surface area (Å²) in [7, 11) is 2.13. The van der Waals surface area contributed by atoms with Gasteiger partial charge in [0.15, 0.2) is 0 Å². The summed E-state index contributed by atoms with van der Waals surface area (Å²) in [5.74, 6) is 2.72. The van der Waals surface area contributed by atoms with Crippen molar-refractivity contribution >= 4 is 11.3 Å². The molecule has 18 heavy (non-hydrogen) atoms. The van der Waals surface area contributed by atoms with Crippen LogP contribution >= 0.6 is 11.3 Å². The van der Waals surface area contributed by atoms with E-state index in [9.17, 15) is 0 Å². The standard InChI is InChI=1S/C16H27NS/c1-12(2)14-4-6-15(7-5-14)16(17-3)10-13-8-9-18-11-13/h8-9,11-12,14-17H,4-7,10H2,1-3H3. The van der Waals surface area contributed by atoms with E-state index in [2.05, 4.69) is 43.0 Å². The summed E-state index contributed by atoms with van der Waals surface area (Å²) in [4.78, 5) is 0. The SMILES string of the molecule is CNC(Cc1ccsc1)C1CCC(C(C)C)CC1. The Labute approximate surface area is 116 Å². The highest BCUT2D eigenvalue weighted by molar-refractivity contribution is 7.07. The Morgan fingerprint density at radius 1 is 1.22 bits per heavy atom. The lowest BCUT2D eigenvalue weighted by Crippen LogP contribution is -2.38. The van der Waals surface area contributed by atoms with Gasteiger partial charge >= 0.3 is 0 Å². The summed E-state index contributed by atoms with van der Waals surface area (Å²) < 4.78 is 0. The van der Waals surface area contributed by atoms with E-state index >= 15 is 0 Å². The molecular formula is C16H27NS. The molecule has 1 aliphatic carbocycles. The first kappa shape index (κ1) is 14.1. The molecule has 0 spiro atoms. The average Bonchev–Trinajstić information content (AvgIpc) is 2.89. The fraction of sp³-hybridized carbons (Fsp3) is 0.750. The van der Waals surface area contributed by atoms with E-state index in [0.717, 1.165) is 17.8 Å². The first-order valence-corrected chi connectivity index (χ1v) is 8.33. The monoisotopic (exact) mass is 265 g/mol. The molecule has 0 aliphatic heterocycles.